The first-order valence-electron chi connectivity index (χ1n) is 3.69. The van der Waals surface area contributed by atoms with Crippen LogP contribution in [0, 0.1) is 6.92 Å². The summed E-state index contributed by atoms with van der Waals surface area (Å²) in [6, 6.07) is 8.22. The number of rotatable bonds is 2. The predicted octanol–water partition coefficient (Wildman–Crippen LogP) is 1.97. The molecule has 1 rings (SSSR count). The number of nitrogens with two attached hydrogens (primary N) is 1. The van der Waals surface area contributed by atoms with Crippen LogP contribution in [0.1, 0.15) is 11.1 Å². The van der Waals surface area contributed by atoms with Crippen LogP contribution in [0.15, 0.2) is 30.8 Å². The van der Waals surface area contributed by atoms with Gasteiger partial charge in [0.2, 0.25) is 0 Å². The van der Waals surface area contributed by atoms with Crippen LogP contribution < -0.4 is 5.73 Å². The number of hydrogen-bond donors (Lipinski definition) is 1. The predicted molar refractivity (Wildman–Crippen MR) is 49.3 cm³/mol. The van der Waals surface area contributed by atoms with Crippen molar-refractivity contribution in [2.45, 2.75) is 6.92 Å². The van der Waals surface area contributed by atoms with Crippen LogP contribution in [-0.2, 0) is 0 Å². The van der Waals surface area contributed by atoms with Crippen LogP contribution in [0.5, 0.6) is 0 Å². The highest BCUT2D eigenvalue weighted by Gasteiger charge is 1.93. The Hall–Kier alpha value is -1.08. The Bertz CT molecular complexity index is 246. The minimum absolute atomic E-state index is 0.531. The van der Waals surface area contributed by atoms with Crippen molar-refractivity contribution in [1.29, 1.82) is 0 Å². The molecule has 0 saturated heterocycles. The molecule has 0 aliphatic rings. The summed E-state index contributed by atoms with van der Waals surface area (Å²) in [4.78, 5) is 0. The van der Waals surface area contributed by atoms with E-state index >= 15 is 0 Å². The highest BCUT2D eigenvalue weighted by Crippen LogP contribution is 2.10. The van der Waals surface area contributed by atoms with Crippen molar-refractivity contribution < 1.29 is 0 Å². The van der Waals surface area contributed by atoms with Gasteiger partial charge in [-0.25, -0.2) is 0 Å². The second-order valence-electron chi connectivity index (χ2n) is 2.67. The van der Waals surface area contributed by atoms with E-state index < -0.39 is 0 Å². The van der Waals surface area contributed by atoms with E-state index in [1.165, 1.54) is 5.56 Å². The first kappa shape index (κ1) is 8.02. The van der Waals surface area contributed by atoms with E-state index in [9.17, 15) is 0 Å². The molecule has 0 amide bonds. The van der Waals surface area contributed by atoms with Gasteiger partial charge in [-0.15, -0.1) is 0 Å². The summed E-state index contributed by atoms with van der Waals surface area (Å²) >= 11 is 0. The van der Waals surface area contributed by atoms with Crippen molar-refractivity contribution in [3.8, 4) is 0 Å². The first-order chi connectivity index (χ1) is 5.24. The lowest BCUT2D eigenvalue weighted by Gasteiger charge is -2.01. The van der Waals surface area contributed by atoms with E-state index in [-0.39, 0.29) is 0 Å². The third-order valence-electron chi connectivity index (χ3n) is 1.71. The van der Waals surface area contributed by atoms with Gasteiger partial charge in [0.25, 0.3) is 0 Å². The quantitative estimate of drug-likeness (QED) is 0.680. The van der Waals surface area contributed by atoms with Gasteiger partial charge in [0, 0.05) is 6.54 Å². The maximum absolute atomic E-state index is 5.44. The van der Waals surface area contributed by atoms with Gasteiger partial charge < -0.3 is 5.73 Å². The second kappa shape index (κ2) is 3.35. The van der Waals surface area contributed by atoms with Crippen molar-refractivity contribution >= 4 is 5.57 Å². The van der Waals surface area contributed by atoms with Crippen molar-refractivity contribution in [2.75, 3.05) is 6.54 Å². The number of aryl methyl sites for hydroxylation is 1. The SMILES string of the molecule is C=C(CN)c1ccc(C)cc1. The molecule has 0 saturated carbocycles. The van der Waals surface area contributed by atoms with E-state index in [4.69, 9.17) is 5.73 Å². The largest absolute Gasteiger partial charge is 0.326 e. The average molecular weight is 147 g/mol. The summed E-state index contributed by atoms with van der Waals surface area (Å²) in [5.74, 6) is 0. The molecular weight excluding hydrogens is 134 g/mol. The molecule has 1 heteroatoms. The molecule has 1 aromatic carbocycles. The zero-order chi connectivity index (χ0) is 8.27. The first-order valence-corrected chi connectivity index (χ1v) is 3.69. The maximum atomic E-state index is 5.44. The minimum Gasteiger partial charge on any atom is -0.326 e. The lowest BCUT2D eigenvalue weighted by atomic mass is 10.1. The third-order valence-corrected chi connectivity index (χ3v) is 1.71. The Labute approximate surface area is 67.5 Å². The fraction of sp³-hybridized carbons (Fsp3) is 0.200. The fourth-order valence-electron chi connectivity index (χ4n) is 0.907. The Morgan fingerprint density at radius 2 is 1.91 bits per heavy atom. The molecule has 0 heterocycles. The summed E-state index contributed by atoms with van der Waals surface area (Å²) in [6.07, 6.45) is 0. The van der Waals surface area contributed by atoms with Crippen molar-refractivity contribution in [3.05, 3.63) is 42.0 Å². The maximum Gasteiger partial charge on any atom is 0.0178 e. The molecule has 0 atom stereocenters. The lowest BCUT2D eigenvalue weighted by Crippen LogP contribution is -2.00. The lowest BCUT2D eigenvalue weighted by molar-refractivity contribution is 1.27. The van der Waals surface area contributed by atoms with Gasteiger partial charge in [0.05, 0.1) is 0 Å². The normalized spacial score (nSPS) is 9.64. The highest BCUT2D eigenvalue weighted by atomic mass is 14.5. The molecule has 0 unspecified atom stereocenters. The summed E-state index contributed by atoms with van der Waals surface area (Å²) in [5, 5.41) is 0. The van der Waals surface area contributed by atoms with E-state index in [1.54, 1.807) is 0 Å². The molecule has 0 spiro atoms. The molecule has 58 valence electrons. The summed E-state index contributed by atoms with van der Waals surface area (Å²) in [5.41, 5.74) is 8.83. The molecule has 1 nitrogen and oxygen atoms in total. The Morgan fingerprint density at radius 1 is 1.36 bits per heavy atom. The van der Waals surface area contributed by atoms with Gasteiger partial charge in [0.1, 0.15) is 0 Å². The summed E-state index contributed by atoms with van der Waals surface area (Å²) in [7, 11) is 0. The van der Waals surface area contributed by atoms with Crippen molar-refractivity contribution in [2.24, 2.45) is 5.73 Å². The van der Waals surface area contributed by atoms with Gasteiger partial charge in [-0.3, -0.25) is 0 Å². The van der Waals surface area contributed by atoms with Gasteiger partial charge in [-0.1, -0.05) is 36.4 Å². The van der Waals surface area contributed by atoms with E-state index in [0.29, 0.717) is 6.54 Å². The monoisotopic (exact) mass is 147 g/mol. The molecule has 0 aromatic heterocycles. The molecule has 2 N–H and O–H groups in total. The number of hydrogen-bond acceptors (Lipinski definition) is 1. The second-order valence-corrected chi connectivity index (χ2v) is 2.67. The van der Waals surface area contributed by atoms with Crippen LogP contribution in [0.4, 0.5) is 0 Å². The molecule has 0 fully saturated rings. The third kappa shape index (κ3) is 1.92. The Morgan fingerprint density at radius 3 is 2.36 bits per heavy atom. The highest BCUT2D eigenvalue weighted by molar-refractivity contribution is 5.64. The Balaban J connectivity index is 2.90. The van der Waals surface area contributed by atoms with E-state index in [0.717, 1.165) is 11.1 Å². The van der Waals surface area contributed by atoms with Gasteiger partial charge in [-0.2, -0.15) is 0 Å². The van der Waals surface area contributed by atoms with Crippen LogP contribution >= 0.6 is 0 Å². The van der Waals surface area contributed by atoms with Crippen LogP contribution in [0.2, 0.25) is 0 Å². The van der Waals surface area contributed by atoms with E-state index in [2.05, 4.69) is 25.6 Å². The molecular formula is C10H13N. The standard InChI is InChI=1S/C10H13N/c1-8-3-5-10(6-4-8)9(2)7-11/h3-6H,2,7,11H2,1H3. The van der Waals surface area contributed by atoms with Crippen molar-refractivity contribution in [3.63, 3.8) is 0 Å². The van der Waals surface area contributed by atoms with Gasteiger partial charge in [-0.05, 0) is 18.1 Å². The van der Waals surface area contributed by atoms with Crippen molar-refractivity contribution in [1.82, 2.24) is 0 Å². The fourth-order valence-corrected chi connectivity index (χ4v) is 0.907. The van der Waals surface area contributed by atoms with Crippen LogP contribution in [0.25, 0.3) is 5.57 Å². The molecule has 0 aliphatic carbocycles. The number of benzene rings is 1. The molecule has 1 aromatic rings. The van der Waals surface area contributed by atoms with Crippen LogP contribution in [-0.4, -0.2) is 6.54 Å². The van der Waals surface area contributed by atoms with Gasteiger partial charge >= 0.3 is 0 Å². The topological polar surface area (TPSA) is 26.0 Å². The smallest absolute Gasteiger partial charge is 0.0178 e. The van der Waals surface area contributed by atoms with Gasteiger partial charge in [0.15, 0.2) is 0 Å². The zero-order valence-corrected chi connectivity index (χ0v) is 6.80. The summed E-state index contributed by atoms with van der Waals surface area (Å²) in [6.45, 7) is 6.44. The molecule has 11 heavy (non-hydrogen) atoms. The zero-order valence-electron chi connectivity index (χ0n) is 6.80. The summed E-state index contributed by atoms with van der Waals surface area (Å²) < 4.78 is 0. The molecule has 0 radical (unpaired) electrons. The molecule has 0 bridgehead atoms. The van der Waals surface area contributed by atoms with E-state index in [1.807, 2.05) is 12.1 Å². The average Bonchev–Trinajstić information content (AvgIpc) is 2.05. The molecule has 0 aliphatic heterocycles. The van der Waals surface area contributed by atoms with Crippen LogP contribution in [0.3, 0.4) is 0 Å². The minimum atomic E-state index is 0.531. The Kier molecular flexibility index (Phi) is 2.44.